The Bertz CT molecular complexity index is 953. The van der Waals surface area contributed by atoms with Gasteiger partial charge < -0.3 is 9.64 Å². The molecule has 1 unspecified atom stereocenters. The van der Waals surface area contributed by atoms with Crippen LogP contribution in [0.2, 0.25) is 0 Å². The monoisotopic (exact) mass is 377 g/mol. The largest absolute Gasteiger partial charge is 0.476 e. The molecule has 1 aromatic carbocycles. The van der Waals surface area contributed by atoms with Crippen LogP contribution in [0.15, 0.2) is 48.5 Å². The van der Waals surface area contributed by atoms with Crippen LogP contribution in [0.5, 0.6) is 5.88 Å². The van der Waals surface area contributed by atoms with E-state index in [9.17, 15) is 4.79 Å². The second kappa shape index (κ2) is 7.80. The van der Waals surface area contributed by atoms with Gasteiger partial charge in [0.25, 0.3) is 5.91 Å². The summed E-state index contributed by atoms with van der Waals surface area (Å²) >= 11 is 0. The maximum absolute atomic E-state index is 12.7. The maximum atomic E-state index is 12.7. The minimum absolute atomic E-state index is 0.0256. The summed E-state index contributed by atoms with van der Waals surface area (Å²) in [6.45, 7) is 3.82. The fraction of sp³-hybridized carbons (Fsp3) is 0.333. The molecule has 1 fully saturated rings. The van der Waals surface area contributed by atoms with Gasteiger partial charge in [0.2, 0.25) is 5.88 Å². The van der Waals surface area contributed by atoms with Crippen molar-refractivity contribution < 1.29 is 9.53 Å². The second-order valence-corrected chi connectivity index (χ2v) is 7.13. The highest BCUT2D eigenvalue weighted by Gasteiger charge is 2.29. The average Bonchev–Trinajstić information content (AvgIpc) is 3.33. The molecule has 4 rings (SSSR count). The van der Waals surface area contributed by atoms with Crippen molar-refractivity contribution in [3.8, 4) is 17.1 Å². The second-order valence-electron chi connectivity index (χ2n) is 7.13. The number of aryl methyl sites for hydroxylation is 2. The topological polar surface area (TPSA) is 73.1 Å². The van der Waals surface area contributed by atoms with E-state index in [2.05, 4.69) is 15.3 Å². The number of carbonyl (C=O) groups is 1. The molecule has 0 spiro atoms. The summed E-state index contributed by atoms with van der Waals surface area (Å²) in [4.78, 5) is 14.5. The zero-order chi connectivity index (χ0) is 19.5. The summed E-state index contributed by atoms with van der Waals surface area (Å²) in [6, 6.07) is 15.5. The van der Waals surface area contributed by atoms with Crippen molar-refractivity contribution in [2.24, 2.45) is 13.0 Å². The summed E-state index contributed by atoms with van der Waals surface area (Å²) in [5.74, 6) is 0.818. The quantitative estimate of drug-likeness (QED) is 0.684. The van der Waals surface area contributed by atoms with Crippen molar-refractivity contribution in [1.29, 1.82) is 0 Å². The molecule has 2 aromatic heterocycles. The average molecular weight is 377 g/mol. The minimum Gasteiger partial charge on any atom is -0.476 e. The zero-order valence-corrected chi connectivity index (χ0v) is 16.1. The van der Waals surface area contributed by atoms with E-state index in [0.29, 0.717) is 24.7 Å². The number of carbonyl (C=O) groups excluding carboxylic acids is 1. The third kappa shape index (κ3) is 3.88. The summed E-state index contributed by atoms with van der Waals surface area (Å²) in [5.41, 5.74) is 3.32. The molecule has 0 aliphatic carbocycles. The van der Waals surface area contributed by atoms with Gasteiger partial charge in [0.15, 0.2) is 0 Å². The van der Waals surface area contributed by atoms with Crippen molar-refractivity contribution in [3.05, 3.63) is 59.9 Å². The van der Waals surface area contributed by atoms with Crippen LogP contribution in [0.3, 0.4) is 0 Å². The molecule has 7 nitrogen and oxygen atoms in total. The predicted molar refractivity (Wildman–Crippen MR) is 105 cm³/mol. The molecule has 1 amide bonds. The van der Waals surface area contributed by atoms with Gasteiger partial charge in [-0.05, 0) is 25.5 Å². The molecule has 1 aliphatic rings. The molecule has 0 bridgehead atoms. The van der Waals surface area contributed by atoms with Gasteiger partial charge in [-0.2, -0.15) is 5.10 Å². The number of nitrogens with zero attached hydrogens (tertiary/aromatic N) is 5. The molecule has 144 valence electrons. The molecule has 0 N–H and O–H groups in total. The van der Waals surface area contributed by atoms with Crippen LogP contribution in [0.25, 0.3) is 11.3 Å². The first-order chi connectivity index (χ1) is 13.6. The van der Waals surface area contributed by atoms with Crippen molar-refractivity contribution in [3.63, 3.8) is 0 Å². The zero-order valence-electron chi connectivity index (χ0n) is 16.1. The van der Waals surface area contributed by atoms with E-state index < -0.39 is 0 Å². The Balaban J connectivity index is 1.31. The third-order valence-electron chi connectivity index (χ3n) is 4.97. The van der Waals surface area contributed by atoms with Crippen LogP contribution in [-0.4, -0.2) is 50.5 Å². The number of hydrogen-bond donors (Lipinski definition) is 0. The Morgan fingerprint density at radius 3 is 2.68 bits per heavy atom. The van der Waals surface area contributed by atoms with Crippen molar-refractivity contribution in [1.82, 2.24) is 24.9 Å². The summed E-state index contributed by atoms with van der Waals surface area (Å²) in [7, 11) is 1.80. The van der Waals surface area contributed by atoms with Crippen LogP contribution in [0.4, 0.5) is 0 Å². The lowest BCUT2D eigenvalue weighted by atomic mass is 10.1. The van der Waals surface area contributed by atoms with Crippen molar-refractivity contribution >= 4 is 5.91 Å². The standard InChI is InChI=1S/C21H23N5O2/c1-15-12-19(25(2)24-15)21(27)26-11-10-16(13-26)14-28-20-9-8-18(22-23-20)17-6-4-3-5-7-17/h3-9,12,16H,10-11,13-14H2,1-2H3. The molecule has 0 radical (unpaired) electrons. The van der Waals surface area contributed by atoms with E-state index in [1.807, 2.05) is 60.4 Å². The van der Waals surface area contributed by atoms with Crippen LogP contribution in [0.1, 0.15) is 22.6 Å². The lowest BCUT2D eigenvalue weighted by Crippen LogP contribution is -2.31. The number of amides is 1. The molecular weight excluding hydrogens is 354 g/mol. The summed E-state index contributed by atoms with van der Waals surface area (Å²) in [5, 5.41) is 12.7. The molecular formula is C21H23N5O2. The number of hydrogen-bond acceptors (Lipinski definition) is 5. The van der Waals surface area contributed by atoms with E-state index >= 15 is 0 Å². The molecule has 28 heavy (non-hydrogen) atoms. The third-order valence-corrected chi connectivity index (χ3v) is 4.97. The van der Waals surface area contributed by atoms with Crippen LogP contribution in [0, 0.1) is 12.8 Å². The Hall–Kier alpha value is -3.22. The van der Waals surface area contributed by atoms with E-state index in [-0.39, 0.29) is 11.8 Å². The highest BCUT2D eigenvalue weighted by Crippen LogP contribution is 2.21. The molecule has 0 saturated carbocycles. The van der Waals surface area contributed by atoms with Crippen LogP contribution >= 0.6 is 0 Å². The van der Waals surface area contributed by atoms with Gasteiger partial charge in [-0.1, -0.05) is 30.3 Å². The smallest absolute Gasteiger partial charge is 0.272 e. The highest BCUT2D eigenvalue weighted by molar-refractivity contribution is 5.92. The SMILES string of the molecule is Cc1cc(C(=O)N2CCC(COc3ccc(-c4ccccc4)nn3)C2)n(C)n1. The normalized spacial score (nSPS) is 16.4. The number of ether oxygens (including phenoxy) is 1. The Kier molecular flexibility index (Phi) is 5.06. The lowest BCUT2D eigenvalue weighted by molar-refractivity contribution is 0.0772. The van der Waals surface area contributed by atoms with Gasteiger partial charge in [-0.3, -0.25) is 9.48 Å². The number of likely N-dealkylation sites (tertiary alicyclic amines) is 1. The van der Waals surface area contributed by atoms with Gasteiger partial charge in [-0.25, -0.2) is 0 Å². The summed E-state index contributed by atoms with van der Waals surface area (Å²) in [6.07, 6.45) is 0.915. The Morgan fingerprint density at radius 1 is 1.18 bits per heavy atom. The van der Waals surface area contributed by atoms with Crippen LogP contribution < -0.4 is 4.74 Å². The van der Waals surface area contributed by atoms with Gasteiger partial charge in [0.1, 0.15) is 5.69 Å². The Morgan fingerprint density at radius 2 is 2.00 bits per heavy atom. The van der Waals surface area contributed by atoms with Gasteiger partial charge in [0, 0.05) is 37.7 Å². The van der Waals surface area contributed by atoms with Crippen molar-refractivity contribution in [2.75, 3.05) is 19.7 Å². The molecule has 1 aliphatic heterocycles. The summed E-state index contributed by atoms with van der Waals surface area (Å²) < 4.78 is 7.46. The van der Waals surface area contributed by atoms with E-state index in [1.54, 1.807) is 11.7 Å². The highest BCUT2D eigenvalue weighted by atomic mass is 16.5. The molecule has 3 aromatic rings. The maximum Gasteiger partial charge on any atom is 0.272 e. The fourth-order valence-electron chi connectivity index (χ4n) is 3.49. The number of aromatic nitrogens is 4. The van der Waals surface area contributed by atoms with Crippen molar-refractivity contribution in [2.45, 2.75) is 13.3 Å². The van der Waals surface area contributed by atoms with Gasteiger partial charge in [-0.15, -0.1) is 10.2 Å². The van der Waals surface area contributed by atoms with Gasteiger partial charge in [0.05, 0.1) is 18.0 Å². The molecule has 7 heteroatoms. The van der Waals surface area contributed by atoms with E-state index in [0.717, 1.165) is 29.9 Å². The first kappa shape index (κ1) is 18.2. The van der Waals surface area contributed by atoms with E-state index in [4.69, 9.17) is 4.74 Å². The molecule has 1 saturated heterocycles. The first-order valence-corrected chi connectivity index (χ1v) is 9.42. The molecule has 3 heterocycles. The van der Waals surface area contributed by atoms with Gasteiger partial charge >= 0.3 is 0 Å². The molecule has 1 atom stereocenters. The predicted octanol–water partition coefficient (Wildman–Crippen LogP) is 2.73. The van der Waals surface area contributed by atoms with Crippen LogP contribution in [-0.2, 0) is 7.05 Å². The minimum atomic E-state index is 0.0256. The number of benzene rings is 1. The Labute approximate surface area is 164 Å². The number of rotatable bonds is 5. The fourth-order valence-corrected chi connectivity index (χ4v) is 3.49. The van der Waals surface area contributed by atoms with E-state index in [1.165, 1.54) is 0 Å². The lowest BCUT2D eigenvalue weighted by Gasteiger charge is -2.16. The first-order valence-electron chi connectivity index (χ1n) is 9.42.